The summed E-state index contributed by atoms with van der Waals surface area (Å²) in [5.41, 5.74) is 0. The predicted octanol–water partition coefficient (Wildman–Crippen LogP) is 2.13. The third-order valence-electron chi connectivity index (χ3n) is 0. The molecule has 0 heterocycles. The van der Waals surface area contributed by atoms with E-state index in [2.05, 4.69) is 13.8 Å². The Labute approximate surface area is 54.2 Å². The van der Waals surface area contributed by atoms with E-state index in [9.17, 15) is 0 Å². The van der Waals surface area contributed by atoms with Gasteiger partial charge in [0.2, 0.25) is 0 Å². The third-order valence-corrected chi connectivity index (χ3v) is 0. The standard InChI is InChI=1S/2C2H5.CH3.V/c2*1-2;;/h2*1H2,2H3;1H3;/q3*-1;. The first kappa shape index (κ1) is 30.7. The Morgan fingerprint density at radius 2 is 0.833 bits per heavy atom. The quantitative estimate of drug-likeness (QED) is 0.434. The molecule has 0 rings (SSSR count). The van der Waals surface area contributed by atoms with Crippen LogP contribution in [-0.2, 0) is 18.6 Å². The van der Waals surface area contributed by atoms with E-state index < -0.39 is 0 Å². The molecule has 0 fully saturated rings. The molecule has 1 heteroatoms. The van der Waals surface area contributed by atoms with E-state index in [0.717, 1.165) is 0 Å². The molecule has 0 spiro atoms. The van der Waals surface area contributed by atoms with Crippen LogP contribution in [0.2, 0.25) is 0 Å². The van der Waals surface area contributed by atoms with Crippen LogP contribution in [0.3, 0.4) is 0 Å². The molecule has 0 amide bonds. The van der Waals surface area contributed by atoms with Crippen LogP contribution in [0.1, 0.15) is 13.8 Å². The second-order valence-electron chi connectivity index (χ2n) is 0. The molecule has 1 radical (unpaired) electrons. The third kappa shape index (κ3) is 172. The van der Waals surface area contributed by atoms with Crippen LogP contribution < -0.4 is 0 Å². The fourth-order valence-corrected chi connectivity index (χ4v) is 0. The molecule has 41 valence electrons. The van der Waals surface area contributed by atoms with Crippen LogP contribution in [0.4, 0.5) is 0 Å². The molecule has 0 N–H and O–H groups in total. The molecular formula is C5H13V-3. The average Bonchev–Trinajstić information content (AvgIpc) is 1.50. The van der Waals surface area contributed by atoms with Crippen LogP contribution in [-0.4, -0.2) is 0 Å². The summed E-state index contributed by atoms with van der Waals surface area (Å²) in [6, 6.07) is 0. The largest absolute Gasteiger partial charge is 0.358 e. The van der Waals surface area contributed by atoms with Crippen LogP contribution in [0.15, 0.2) is 0 Å². The first-order chi connectivity index (χ1) is 2.00. The summed E-state index contributed by atoms with van der Waals surface area (Å²) in [5, 5.41) is 0. The fourth-order valence-electron chi connectivity index (χ4n) is 0. The van der Waals surface area contributed by atoms with Gasteiger partial charge in [0.15, 0.2) is 0 Å². The molecule has 0 aliphatic carbocycles. The van der Waals surface area contributed by atoms with Crippen molar-refractivity contribution in [1.29, 1.82) is 0 Å². The normalized spacial score (nSPS) is 2.00. The molecule has 0 nitrogen and oxygen atoms in total. The molecule has 0 aromatic carbocycles. The SMILES string of the molecule is [CH2-]C.[CH2-]C.[CH3-].[V]. The van der Waals surface area contributed by atoms with Crippen molar-refractivity contribution in [2.75, 3.05) is 0 Å². The number of hydrogen-bond donors (Lipinski definition) is 0. The van der Waals surface area contributed by atoms with Gasteiger partial charge in [0.25, 0.3) is 0 Å². The predicted molar refractivity (Wildman–Crippen MR) is 28.5 cm³/mol. The molecule has 6 heavy (non-hydrogen) atoms. The molecule has 0 bridgehead atoms. The van der Waals surface area contributed by atoms with Crippen molar-refractivity contribution in [3.8, 4) is 0 Å². The van der Waals surface area contributed by atoms with E-state index in [0.29, 0.717) is 0 Å². The fraction of sp³-hybridized carbons (Fsp3) is 0.400. The summed E-state index contributed by atoms with van der Waals surface area (Å²) in [4.78, 5) is 0. The Balaban J connectivity index is -0.00000000500. The van der Waals surface area contributed by atoms with Crippen molar-refractivity contribution in [1.82, 2.24) is 0 Å². The van der Waals surface area contributed by atoms with Gasteiger partial charge in [0, 0.05) is 18.6 Å². The van der Waals surface area contributed by atoms with Gasteiger partial charge in [-0.05, 0) is 0 Å². The summed E-state index contributed by atoms with van der Waals surface area (Å²) in [6.45, 7) is 10.0. The average molecular weight is 124 g/mol. The van der Waals surface area contributed by atoms with Crippen molar-refractivity contribution in [2.45, 2.75) is 13.8 Å². The molecule has 0 saturated heterocycles. The second-order valence-corrected chi connectivity index (χ2v) is 0. The molecule has 0 saturated carbocycles. The summed E-state index contributed by atoms with van der Waals surface area (Å²) in [6.07, 6.45) is 0. The Hall–Kier alpha value is 0.584. The van der Waals surface area contributed by atoms with Gasteiger partial charge in [-0.3, -0.25) is 0 Å². The van der Waals surface area contributed by atoms with Gasteiger partial charge >= 0.3 is 0 Å². The Kier molecular flexibility index (Phi) is 1760. The van der Waals surface area contributed by atoms with Crippen molar-refractivity contribution >= 4 is 0 Å². The van der Waals surface area contributed by atoms with Gasteiger partial charge in [0.1, 0.15) is 0 Å². The Bertz CT molecular complexity index is 3.90. The van der Waals surface area contributed by atoms with E-state index in [1.54, 1.807) is 13.8 Å². The van der Waals surface area contributed by atoms with E-state index >= 15 is 0 Å². The summed E-state index contributed by atoms with van der Waals surface area (Å²) in [5.74, 6) is 0. The van der Waals surface area contributed by atoms with Crippen LogP contribution in [0, 0.1) is 21.3 Å². The summed E-state index contributed by atoms with van der Waals surface area (Å²) < 4.78 is 0. The van der Waals surface area contributed by atoms with Gasteiger partial charge in [-0.2, -0.15) is 13.8 Å². The van der Waals surface area contributed by atoms with E-state index in [1.807, 2.05) is 0 Å². The van der Waals surface area contributed by atoms with Crippen molar-refractivity contribution < 1.29 is 18.6 Å². The zero-order chi connectivity index (χ0) is 4.00. The first-order valence-electron chi connectivity index (χ1n) is 1.41. The maximum absolute atomic E-state index is 3.25. The Morgan fingerprint density at radius 1 is 0.833 bits per heavy atom. The van der Waals surface area contributed by atoms with E-state index in [1.165, 1.54) is 0 Å². The van der Waals surface area contributed by atoms with Gasteiger partial charge in [-0.1, -0.05) is 0 Å². The summed E-state index contributed by atoms with van der Waals surface area (Å²) in [7, 11) is 0. The summed E-state index contributed by atoms with van der Waals surface area (Å²) >= 11 is 0. The molecule has 0 aliphatic heterocycles. The van der Waals surface area contributed by atoms with Gasteiger partial charge in [-0.15, -0.1) is 0 Å². The van der Waals surface area contributed by atoms with Gasteiger partial charge < -0.3 is 21.3 Å². The van der Waals surface area contributed by atoms with Crippen molar-refractivity contribution in [2.24, 2.45) is 0 Å². The zero-order valence-corrected chi connectivity index (χ0v) is 6.26. The molecule has 0 aromatic heterocycles. The van der Waals surface area contributed by atoms with Gasteiger partial charge in [0.05, 0.1) is 0 Å². The minimum atomic E-state index is 0. The van der Waals surface area contributed by atoms with Crippen molar-refractivity contribution in [3.05, 3.63) is 21.3 Å². The first-order valence-corrected chi connectivity index (χ1v) is 1.41. The minimum absolute atomic E-state index is 0. The van der Waals surface area contributed by atoms with Crippen LogP contribution in [0.5, 0.6) is 0 Å². The molecule has 0 aromatic rings. The Morgan fingerprint density at radius 3 is 0.833 bits per heavy atom. The van der Waals surface area contributed by atoms with Gasteiger partial charge in [-0.25, -0.2) is 0 Å². The van der Waals surface area contributed by atoms with E-state index in [4.69, 9.17) is 0 Å². The minimum Gasteiger partial charge on any atom is -0.358 e. The second kappa shape index (κ2) is 344. The smallest absolute Gasteiger partial charge is 0 e. The van der Waals surface area contributed by atoms with Crippen molar-refractivity contribution in [3.63, 3.8) is 0 Å². The van der Waals surface area contributed by atoms with E-state index in [-0.39, 0.29) is 26.0 Å². The monoisotopic (exact) mass is 124 g/mol. The van der Waals surface area contributed by atoms with Crippen LogP contribution >= 0.6 is 0 Å². The molecular weight excluding hydrogens is 111 g/mol. The molecule has 0 atom stereocenters. The maximum atomic E-state index is 3.25. The zero-order valence-electron chi connectivity index (χ0n) is 4.86. The maximum Gasteiger partial charge on any atom is 0 e. The molecule has 0 unspecified atom stereocenters. The number of rotatable bonds is 0. The number of hydrogen-bond acceptors (Lipinski definition) is 0. The molecule has 0 aliphatic rings. The topological polar surface area (TPSA) is 0 Å². The van der Waals surface area contributed by atoms with Crippen LogP contribution in [0.25, 0.3) is 0 Å².